The average molecular weight is 294 g/mol. The van der Waals surface area contributed by atoms with Gasteiger partial charge in [0.15, 0.2) is 5.13 Å². The van der Waals surface area contributed by atoms with Crippen LogP contribution in [0.5, 0.6) is 5.75 Å². The lowest BCUT2D eigenvalue weighted by atomic mass is 10.3. The minimum Gasteiger partial charge on any atom is -0.497 e. The van der Waals surface area contributed by atoms with Crippen LogP contribution in [0.15, 0.2) is 18.2 Å². The second-order valence-electron chi connectivity index (χ2n) is 4.96. The number of anilines is 1. The summed E-state index contributed by atoms with van der Waals surface area (Å²) in [7, 11) is 5.79. The van der Waals surface area contributed by atoms with E-state index in [1.165, 1.54) is 16.2 Å². The number of carbonyl (C=O) groups excluding carboxylic acids is 1. The van der Waals surface area contributed by atoms with Gasteiger partial charge in [-0.05, 0) is 18.2 Å². The van der Waals surface area contributed by atoms with Crippen LogP contribution >= 0.6 is 11.3 Å². The molecule has 1 N–H and O–H groups in total. The van der Waals surface area contributed by atoms with Crippen molar-refractivity contribution in [2.75, 3.05) is 39.2 Å². The van der Waals surface area contributed by atoms with Crippen molar-refractivity contribution in [3.63, 3.8) is 0 Å². The molecule has 0 atom stereocenters. The maximum Gasteiger partial charge on any atom is 0.225 e. The molecule has 0 saturated carbocycles. The van der Waals surface area contributed by atoms with Gasteiger partial charge in [0.05, 0.1) is 44.5 Å². The number of hydrogen-bond acceptors (Lipinski definition) is 4. The predicted octanol–water partition coefficient (Wildman–Crippen LogP) is 0.802. The van der Waals surface area contributed by atoms with Gasteiger partial charge in [0, 0.05) is 6.92 Å². The number of methoxy groups -OCH3 is 1. The molecular weight excluding hydrogens is 274 g/mol. The van der Waals surface area contributed by atoms with Crippen molar-refractivity contribution in [2.45, 2.75) is 6.92 Å². The summed E-state index contributed by atoms with van der Waals surface area (Å²) >= 11 is 1.52. The molecule has 0 unspecified atom stereocenters. The van der Waals surface area contributed by atoms with Crippen LogP contribution in [0.1, 0.15) is 6.92 Å². The summed E-state index contributed by atoms with van der Waals surface area (Å²) in [6.07, 6.45) is 0. The fourth-order valence-electron chi connectivity index (χ4n) is 1.86. The van der Waals surface area contributed by atoms with Crippen LogP contribution in [0.4, 0.5) is 5.13 Å². The minimum atomic E-state index is 0.0253. The van der Waals surface area contributed by atoms with E-state index < -0.39 is 0 Å². The molecule has 1 heterocycles. The average Bonchev–Trinajstić information content (AvgIpc) is 2.80. The Labute approximate surface area is 122 Å². The molecule has 0 aliphatic carbocycles. The summed E-state index contributed by atoms with van der Waals surface area (Å²) < 4.78 is 6.24. The molecule has 2 aromatic rings. The molecule has 5 nitrogen and oxygen atoms in total. The molecule has 0 spiro atoms. The van der Waals surface area contributed by atoms with E-state index in [1.54, 1.807) is 18.9 Å². The number of aromatic nitrogens is 1. The van der Waals surface area contributed by atoms with Gasteiger partial charge in [0.2, 0.25) is 5.91 Å². The third-order valence-electron chi connectivity index (χ3n) is 3.03. The Morgan fingerprint density at radius 3 is 2.80 bits per heavy atom. The number of likely N-dealkylation sites (N-methyl/N-ethyl adjacent to an activating group) is 1. The first-order valence-electron chi connectivity index (χ1n) is 6.53. The first-order valence-corrected chi connectivity index (χ1v) is 7.34. The Bertz CT molecular complexity index is 609. The van der Waals surface area contributed by atoms with Crippen LogP contribution < -0.4 is 14.5 Å². The monoisotopic (exact) mass is 294 g/mol. The van der Waals surface area contributed by atoms with Crippen LogP contribution in [0.25, 0.3) is 10.2 Å². The van der Waals surface area contributed by atoms with Crippen LogP contribution in [0.3, 0.4) is 0 Å². The first-order chi connectivity index (χ1) is 9.51. The van der Waals surface area contributed by atoms with Crippen molar-refractivity contribution in [1.29, 1.82) is 0 Å². The predicted molar refractivity (Wildman–Crippen MR) is 81.9 cm³/mol. The van der Waals surface area contributed by atoms with E-state index in [1.807, 2.05) is 18.2 Å². The molecule has 0 radical (unpaired) electrons. The number of nitrogens with zero attached hydrogens (tertiary/aromatic N) is 2. The first kappa shape index (κ1) is 14.7. The van der Waals surface area contributed by atoms with Gasteiger partial charge in [-0.2, -0.15) is 0 Å². The van der Waals surface area contributed by atoms with E-state index in [0.29, 0.717) is 6.54 Å². The Hall–Kier alpha value is -1.66. The molecule has 0 saturated heterocycles. The van der Waals surface area contributed by atoms with E-state index in [0.717, 1.165) is 27.6 Å². The summed E-state index contributed by atoms with van der Waals surface area (Å²) in [5.41, 5.74) is 0.897. The largest absolute Gasteiger partial charge is 0.497 e. The van der Waals surface area contributed by atoms with E-state index in [9.17, 15) is 4.79 Å². The molecule has 1 aromatic carbocycles. The Morgan fingerprint density at radius 2 is 2.20 bits per heavy atom. The number of fused-ring (bicyclic) bond motifs is 1. The van der Waals surface area contributed by atoms with E-state index >= 15 is 0 Å². The summed E-state index contributed by atoms with van der Waals surface area (Å²) in [5.74, 6) is 0.831. The highest BCUT2D eigenvalue weighted by atomic mass is 32.1. The quantitative estimate of drug-likeness (QED) is 0.887. The van der Waals surface area contributed by atoms with Crippen LogP contribution in [-0.2, 0) is 4.79 Å². The molecule has 108 valence electrons. The van der Waals surface area contributed by atoms with Gasteiger partial charge in [-0.3, -0.25) is 9.69 Å². The Balaban J connectivity index is 2.31. The van der Waals surface area contributed by atoms with Crippen LogP contribution in [0.2, 0.25) is 0 Å². The minimum absolute atomic E-state index is 0.0253. The van der Waals surface area contributed by atoms with Gasteiger partial charge in [0.1, 0.15) is 5.75 Å². The summed E-state index contributed by atoms with van der Waals surface area (Å²) in [6.45, 7) is 3.14. The van der Waals surface area contributed by atoms with Gasteiger partial charge in [-0.1, -0.05) is 11.3 Å². The summed E-state index contributed by atoms with van der Waals surface area (Å²) in [6, 6.07) is 5.75. The molecule has 0 aliphatic rings. The number of ether oxygens (including phenoxy) is 1. The van der Waals surface area contributed by atoms with Crippen LogP contribution in [-0.4, -0.2) is 45.2 Å². The smallest absolute Gasteiger partial charge is 0.225 e. The SMILES string of the molecule is COc1ccc2nc(N(CC[NH+](C)C)C(C)=O)sc2c1. The number of rotatable bonds is 5. The van der Waals surface area contributed by atoms with Gasteiger partial charge >= 0.3 is 0 Å². The summed E-state index contributed by atoms with van der Waals surface area (Å²) in [5, 5.41) is 0.752. The van der Waals surface area contributed by atoms with Gasteiger partial charge < -0.3 is 9.64 Å². The van der Waals surface area contributed by atoms with Crippen LogP contribution in [0, 0.1) is 0 Å². The van der Waals surface area contributed by atoms with Crippen molar-refractivity contribution < 1.29 is 14.4 Å². The zero-order valence-corrected chi connectivity index (χ0v) is 13.1. The normalized spacial score (nSPS) is 11.1. The highest BCUT2D eigenvalue weighted by Crippen LogP contribution is 2.31. The van der Waals surface area contributed by atoms with Crippen molar-refractivity contribution >= 4 is 32.6 Å². The number of carbonyl (C=O) groups is 1. The number of quaternary nitrogens is 1. The second kappa shape index (κ2) is 6.19. The molecule has 6 heteroatoms. The van der Waals surface area contributed by atoms with E-state index in [4.69, 9.17) is 4.74 Å². The van der Waals surface area contributed by atoms with Gasteiger partial charge in [-0.25, -0.2) is 4.98 Å². The Kier molecular flexibility index (Phi) is 4.57. The lowest BCUT2D eigenvalue weighted by molar-refractivity contribution is -0.856. The fourth-order valence-corrected chi connectivity index (χ4v) is 2.92. The maximum absolute atomic E-state index is 11.8. The lowest BCUT2D eigenvalue weighted by Gasteiger charge is -2.18. The van der Waals surface area contributed by atoms with Gasteiger partial charge in [-0.15, -0.1) is 0 Å². The lowest BCUT2D eigenvalue weighted by Crippen LogP contribution is -3.06. The van der Waals surface area contributed by atoms with E-state index in [-0.39, 0.29) is 5.91 Å². The molecule has 0 aliphatic heterocycles. The molecule has 0 fully saturated rings. The molecule has 1 aromatic heterocycles. The van der Waals surface area contributed by atoms with E-state index in [2.05, 4.69) is 19.1 Å². The number of amides is 1. The molecule has 1 amide bonds. The second-order valence-corrected chi connectivity index (χ2v) is 5.97. The highest BCUT2D eigenvalue weighted by Gasteiger charge is 2.17. The van der Waals surface area contributed by atoms with Crippen molar-refractivity contribution in [3.8, 4) is 5.75 Å². The number of thiazole rings is 1. The zero-order chi connectivity index (χ0) is 14.7. The fraction of sp³-hybridized carbons (Fsp3) is 0.429. The van der Waals surface area contributed by atoms with Crippen molar-refractivity contribution in [1.82, 2.24) is 4.98 Å². The third kappa shape index (κ3) is 3.26. The van der Waals surface area contributed by atoms with Crippen molar-refractivity contribution in [2.24, 2.45) is 0 Å². The maximum atomic E-state index is 11.8. The number of hydrogen-bond donors (Lipinski definition) is 1. The zero-order valence-electron chi connectivity index (χ0n) is 12.3. The molecule has 2 rings (SSSR count). The summed E-state index contributed by atoms with van der Waals surface area (Å²) in [4.78, 5) is 19.4. The Morgan fingerprint density at radius 1 is 1.45 bits per heavy atom. The molecule has 0 bridgehead atoms. The number of benzene rings is 1. The highest BCUT2D eigenvalue weighted by molar-refractivity contribution is 7.22. The molecule has 20 heavy (non-hydrogen) atoms. The third-order valence-corrected chi connectivity index (χ3v) is 4.07. The topological polar surface area (TPSA) is 46.9 Å². The number of nitrogens with one attached hydrogen (secondary N) is 1. The molecular formula is C14H20N3O2S+. The standard InChI is InChI=1S/C14H19N3O2S/c1-10(18)17(8-7-16(2)3)14-15-12-6-5-11(19-4)9-13(12)20-14/h5-6,9H,7-8H2,1-4H3/p+1. The van der Waals surface area contributed by atoms with Crippen molar-refractivity contribution in [3.05, 3.63) is 18.2 Å². The van der Waals surface area contributed by atoms with Gasteiger partial charge in [0.25, 0.3) is 0 Å².